The molecule has 1 unspecified atom stereocenters. The van der Waals surface area contributed by atoms with Crippen LogP contribution < -0.4 is 0 Å². The lowest BCUT2D eigenvalue weighted by Crippen LogP contribution is -2.27. The highest BCUT2D eigenvalue weighted by molar-refractivity contribution is 14.1. The highest BCUT2D eigenvalue weighted by Gasteiger charge is 2.26. The molecule has 1 aliphatic rings. The first-order valence-electron chi connectivity index (χ1n) is 4.20. The van der Waals surface area contributed by atoms with Crippen LogP contribution in [-0.2, 0) is 6.42 Å². The van der Waals surface area contributed by atoms with Crippen LogP contribution >= 0.6 is 22.6 Å². The van der Waals surface area contributed by atoms with Gasteiger partial charge >= 0.3 is 0 Å². The number of carbonyl (C=O) groups excluding carboxylic acids is 1. The second-order valence-corrected chi connectivity index (χ2v) is 4.35. The molecule has 3 heteroatoms. The predicted molar refractivity (Wildman–Crippen MR) is 57.8 cm³/mol. The number of aryl methyl sites for hydroxylation is 1. The molecule has 0 aliphatic heterocycles. The minimum Gasteiger partial charge on any atom is -0.385 e. The molecule has 2 rings (SSSR count). The first kappa shape index (κ1) is 9.15. The summed E-state index contributed by atoms with van der Waals surface area (Å²) in [5, 5.41) is 9.40. The lowest BCUT2D eigenvalue weighted by molar-refractivity contribution is 0.0711. The highest BCUT2D eigenvalue weighted by atomic mass is 127. The Balaban J connectivity index is 2.57. The summed E-state index contributed by atoms with van der Waals surface area (Å²) in [4.78, 5) is 11.6. The van der Waals surface area contributed by atoms with Crippen molar-refractivity contribution < 1.29 is 9.90 Å². The SMILES string of the molecule is O=C1c2c(I)cccc2CCC1O. The Hall–Kier alpha value is -0.420. The van der Waals surface area contributed by atoms with Crippen molar-refractivity contribution in [2.75, 3.05) is 0 Å². The minimum atomic E-state index is -0.789. The third-order valence-electron chi connectivity index (χ3n) is 2.34. The first-order chi connectivity index (χ1) is 6.20. The summed E-state index contributed by atoms with van der Waals surface area (Å²) in [6.07, 6.45) is 0.578. The zero-order valence-corrected chi connectivity index (χ0v) is 9.11. The maximum atomic E-state index is 11.6. The molecule has 13 heavy (non-hydrogen) atoms. The zero-order valence-electron chi connectivity index (χ0n) is 6.96. The Morgan fingerprint density at radius 3 is 3.00 bits per heavy atom. The average molecular weight is 288 g/mol. The van der Waals surface area contributed by atoms with Crippen LogP contribution in [0.1, 0.15) is 22.3 Å². The van der Waals surface area contributed by atoms with E-state index in [-0.39, 0.29) is 5.78 Å². The minimum absolute atomic E-state index is 0.119. The topological polar surface area (TPSA) is 37.3 Å². The monoisotopic (exact) mass is 288 g/mol. The molecule has 2 nitrogen and oxygen atoms in total. The van der Waals surface area contributed by atoms with E-state index in [9.17, 15) is 9.90 Å². The molecule has 0 amide bonds. The lowest BCUT2D eigenvalue weighted by Gasteiger charge is -2.20. The number of halogens is 1. The van der Waals surface area contributed by atoms with Crippen molar-refractivity contribution in [3.63, 3.8) is 0 Å². The van der Waals surface area contributed by atoms with E-state index in [2.05, 4.69) is 22.6 Å². The van der Waals surface area contributed by atoms with Crippen molar-refractivity contribution >= 4 is 28.4 Å². The summed E-state index contributed by atoms with van der Waals surface area (Å²) < 4.78 is 0.943. The number of aliphatic hydroxyl groups is 1. The maximum absolute atomic E-state index is 11.6. The van der Waals surface area contributed by atoms with Gasteiger partial charge in [-0.3, -0.25) is 4.79 Å². The Morgan fingerprint density at radius 1 is 1.46 bits per heavy atom. The van der Waals surface area contributed by atoms with Crippen LogP contribution in [0.3, 0.4) is 0 Å². The molecule has 0 aromatic heterocycles. The fourth-order valence-electron chi connectivity index (χ4n) is 1.64. The van der Waals surface area contributed by atoms with Crippen LogP contribution in [0.4, 0.5) is 0 Å². The number of rotatable bonds is 0. The van der Waals surface area contributed by atoms with E-state index < -0.39 is 6.10 Å². The van der Waals surface area contributed by atoms with Crippen molar-refractivity contribution in [3.8, 4) is 0 Å². The van der Waals surface area contributed by atoms with Crippen molar-refractivity contribution in [1.29, 1.82) is 0 Å². The van der Waals surface area contributed by atoms with Crippen LogP contribution in [0.25, 0.3) is 0 Å². The molecule has 0 spiro atoms. The summed E-state index contributed by atoms with van der Waals surface area (Å²) >= 11 is 2.14. The van der Waals surface area contributed by atoms with Gasteiger partial charge in [-0.1, -0.05) is 12.1 Å². The Morgan fingerprint density at radius 2 is 2.23 bits per heavy atom. The molecular formula is C10H9IO2. The number of Topliss-reactive ketones (excluding diaryl/α,β-unsaturated/α-hetero) is 1. The number of hydrogen-bond donors (Lipinski definition) is 1. The van der Waals surface area contributed by atoms with Crippen molar-refractivity contribution in [1.82, 2.24) is 0 Å². The summed E-state index contributed by atoms with van der Waals surface area (Å²) in [7, 11) is 0. The van der Waals surface area contributed by atoms with Gasteiger partial charge in [0.25, 0.3) is 0 Å². The van der Waals surface area contributed by atoms with E-state index in [1.807, 2.05) is 18.2 Å². The average Bonchev–Trinajstić information content (AvgIpc) is 2.12. The largest absolute Gasteiger partial charge is 0.385 e. The van der Waals surface area contributed by atoms with Gasteiger partial charge in [0, 0.05) is 9.13 Å². The molecule has 1 atom stereocenters. The van der Waals surface area contributed by atoms with E-state index in [1.54, 1.807) is 0 Å². The molecule has 1 aliphatic carbocycles. The second kappa shape index (κ2) is 3.38. The Labute approximate surface area is 90.1 Å². The molecule has 68 valence electrons. The van der Waals surface area contributed by atoms with Gasteiger partial charge in [0.2, 0.25) is 0 Å². The van der Waals surface area contributed by atoms with Crippen LogP contribution in [0.2, 0.25) is 0 Å². The maximum Gasteiger partial charge on any atom is 0.192 e. The molecule has 1 N–H and O–H groups in total. The van der Waals surface area contributed by atoms with E-state index >= 15 is 0 Å². The smallest absolute Gasteiger partial charge is 0.192 e. The summed E-state index contributed by atoms with van der Waals surface area (Å²) in [6.45, 7) is 0. The third-order valence-corrected chi connectivity index (χ3v) is 3.24. The van der Waals surface area contributed by atoms with Gasteiger partial charge in [0.1, 0.15) is 6.10 Å². The molecule has 0 radical (unpaired) electrons. The van der Waals surface area contributed by atoms with Crippen LogP contribution in [0, 0.1) is 3.57 Å². The second-order valence-electron chi connectivity index (χ2n) is 3.19. The van der Waals surface area contributed by atoms with Crippen molar-refractivity contribution in [2.24, 2.45) is 0 Å². The van der Waals surface area contributed by atoms with Gasteiger partial charge < -0.3 is 5.11 Å². The molecule has 0 saturated heterocycles. The summed E-state index contributed by atoms with van der Waals surface area (Å²) in [5.74, 6) is -0.119. The van der Waals surface area contributed by atoms with E-state index in [0.29, 0.717) is 6.42 Å². The predicted octanol–water partition coefficient (Wildman–Crippen LogP) is 1.78. The van der Waals surface area contributed by atoms with Gasteiger partial charge in [-0.15, -0.1) is 0 Å². The van der Waals surface area contributed by atoms with E-state index in [1.165, 1.54) is 0 Å². The van der Waals surface area contributed by atoms with Crippen molar-refractivity contribution in [3.05, 3.63) is 32.9 Å². The Kier molecular flexibility index (Phi) is 2.38. The number of ketones is 1. The number of carbonyl (C=O) groups is 1. The zero-order chi connectivity index (χ0) is 9.42. The molecule has 0 heterocycles. The number of hydrogen-bond acceptors (Lipinski definition) is 2. The number of benzene rings is 1. The van der Waals surface area contributed by atoms with Crippen molar-refractivity contribution in [2.45, 2.75) is 18.9 Å². The molecule has 0 bridgehead atoms. The molecule has 1 aromatic carbocycles. The van der Waals surface area contributed by atoms with Crippen LogP contribution in [-0.4, -0.2) is 17.0 Å². The van der Waals surface area contributed by atoms with Gasteiger partial charge in [0.15, 0.2) is 5.78 Å². The fraction of sp³-hybridized carbons (Fsp3) is 0.300. The molecule has 0 saturated carbocycles. The quantitative estimate of drug-likeness (QED) is 0.739. The van der Waals surface area contributed by atoms with E-state index in [4.69, 9.17) is 0 Å². The van der Waals surface area contributed by atoms with Gasteiger partial charge in [0.05, 0.1) is 0 Å². The molecule has 0 fully saturated rings. The Bertz CT molecular complexity index is 360. The van der Waals surface area contributed by atoms with Gasteiger partial charge in [-0.2, -0.15) is 0 Å². The molecule has 1 aromatic rings. The summed E-state index contributed by atoms with van der Waals surface area (Å²) in [5.41, 5.74) is 1.80. The van der Waals surface area contributed by atoms with Gasteiger partial charge in [-0.05, 0) is 47.1 Å². The summed E-state index contributed by atoms with van der Waals surface area (Å²) in [6, 6.07) is 5.81. The van der Waals surface area contributed by atoms with Crippen LogP contribution in [0.5, 0.6) is 0 Å². The molecular weight excluding hydrogens is 279 g/mol. The normalized spacial score (nSPS) is 21.4. The van der Waals surface area contributed by atoms with E-state index in [0.717, 1.165) is 21.1 Å². The highest BCUT2D eigenvalue weighted by Crippen LogP contribution is 2.25. The number of fused-ring (bicyclic) bond motifs is 1. The standard InChI is InChI=1S/C10H9IO2/c11-7-3-1-2-6-4-5-8(12)10(13)9(6)7/h1-3,8,12H,4-5H2. The third kappa shape index (κ3) is 1.50. The van der Waals surface area contributed by atoms with Gasteiger partial charge in [-0.25, -0.2) is 0 Å². The number of aliphatic hydroxyl groups excluding tert-OH is 1. The first-order valence-corrected chi connectivity index (χ1v) is 5.27. The van der Waals surface area contributed by atoms with Crippen LogP contribution in [0.15, 0.2) is 18.2 Å². The fourth-order valence-corrected chi connectivity index (χ4v) is 2.46. The lowest BCUT2D eigenvalue weighted by atomic mass is 9.89.